The first-order valence-electron chi connectivity index (χ1n) is 7.34. The van der Waals surface area contributed by atoms with E-state index in [-0.39, 0.29) is 18.6 Å². The molecular weight excluding hydrogens is 302 g/mol. The number of amides is 1. The van der Waals surface area contributed by atoms with Crippen molar-refractivity contribution in [3.63, 3.8) is 0 Å². The van der Waals surface area contributed by atoms with Gasteiger partial charge in [0.2, 0.25) is 12.7 Å². The minimum absolute atomic E-state index is 0.112. The van der Waals surface area contributed by atoms with Crippen LogP contribution in [0.1, 0.15) is 18.4 Å². The van der Waals surface area contributed by atoms with E-state index in [9.17, 15) is 4.79 Å². The first-order valence-corrected chi connectivity index (χ1v) is 7.75. The standard InChI is InChI=1S/C15H19N3O3S/c16-14(19)11-2-1-5-18(8-11)15(22)17-7-10-3-4-12-13(6-10)21-9-20-12/h3-4,6,11H,1-2,5,7-9H2,(H2,16,19)(H,17,22)/t11-/m1/s1. The number of hydrogen-bond donors (Lipinski definition) is 2. The van der Waals surface area contributed by atoms with Crippen LogP contribution in [-0.2, 0) is 11.3 Å². The van der Waals surface area contributed by atoms with Crippen molar-refractivity contribution in [3.8, 4) is 11.5 Å². The summed E-state index contributed by atoms with van der Waals surface area (Å²) in [5, 5.41) is 3.88. The lowest BCUT2D eigenvalue weighted by Gasteiger charge is -2.33. The molecule has 0 radical (unpaired) electrons. The summed E-state index contributed by atoms with van der Waals surface area (Å²) < 4.78 is 10.6. The van der Waals surface area contributed by atoms with Gasteiger partial charge in [-0.2, -0.15) is 0 Å². The molecule has 22 heavy (non-hydrogen) atoms. The summed E-state index contributed by atoms with van der Waals surface area (Å²) in [6.07, 6.45) is 1.77. The maximum Gasteiger partial charge on any atom is 0.231 e. The van der Waals surface area contributed by atoms with Crippen LogP contribution in [0.2, 0.25) is 0 Å². The predicted molar refractivity (Wildman–Crippen MR) is 85.5 cm³/mol. The number of benzene rings is 1. The molecule has 1 aromatic rings. The fraction of sp³-hybridized carbons (Fsp3) is 0.467. The van der Waals surface area contributed by atoms with Gasteiger partial charge < -0.3 is 25.4 Å². The van der Waals surface area contributed by atoms with Crippen LogP contribution in [0.25, 0.3) is 0 Å². The lowest BCUT2D eigenvalue weighted by molar-refractivity contribution is -0.122. The van der Waals surface area contributed by atoms with E-state index in [4.69, 9.17) is 27.4 Å². The minimum atomic E-state index is -0.247. The maximum atomic E-state index is 11.3. The molecule has 0 bridgehead atoms. The van der Waals surface area contributed by atoms with E-state index in [0.717, 1.165) is 36.4 Å². The van der Waals surface area contributed by atoms with Crippen LogP contribution in [0.4, 0.5) is 0 Å². The zero-order chi connectivity index (χ0) is 15.5. The zero-order valence-electron chi connectivity index (χ0n) is 12.2. The Bertz CT molecular complexity index is 593. The highest BCUT2D eigenvalue weighted by Crippen LogP contribution is 2.32. The number of carbonyl (C=O) groups excluding carboxylic acids is 1. The Kier molecular flexibility index (Phi) is 4.33. The molecule has 1 saturated heterocycles. The average molecular weight is 321 g/mol. The van der Waals surface area contributed by atoms with Crippen LogP contribution in [0.15, 0.2) is 18.2 Å². The molecule has 3 N–H and O–H groups in total. The van der Waals surface area contributed by atoms with Gasteiger partial charge in [0.1, 0.15) is 0 Å². The van der Waals surface area contributed by atoms with Crippen LogP contribution >= 0.6 is 12.2 Å². The van der Waals surface area contributed by atoms with Gasteiger partial charge >= 0.3 is 0 Å². The fourth-order valence-corrected chi connectivity index (χ4v) is 2.97. The van der Waals surface area contributed by atoms with Gasteiger partial charge in [-0.25, -0.2) is 0 Å². The van der Waals surface area contributed by atoms with Crippen LogP contribution in [0.5, 0.6) is 11.5 Å². The van der Waals surface area contributed by atoms with Gasteiger partial charge in [-0.05, 0) is 42.8 Å². The molecule has 7 heteroatoms. The number of nitrogens with zero attached hydrogens (tertiary/aromatic N) is 1. The Balaban J connectivity index is 1.54. The van der Waals surface area contributed by atoms with Crippen molar-refractivity contribution in [2.45, 2.75) is 19.4 Å². The fourth-order valence-electron chi connectivity index (χ4n) is 2.73. The Hall–Kier alpha value is -2.02. The summed E-state index contributed by atoms with van der Waals surface area (Å²) in [5.74, 6) is 1.17. The molecule has 0 saturated carbocycles. The van der Waals surface area contributed by atoms with Gasteiger partial charge in [0.15, 0.2) is 16.6 Å². The monoisotopic (exact) mass is 321 g/mol. The van der Waals surface area contributed by atoms with E-state index in [1.807, 2.05) is 23.1 Å². The minimum Gasteiger partial charge on any atom is -0.454 e. The number of likely N-dealkylation sites (tertiary alicyclic amines) is 1. The molecule has 2 heterocycles. The molecule has 0 aromatic heterocycles. The average Bonchev–Trinajstić information content (AvgIpc) is 3.00. The molecule has 118 valence electrons. The first kappa shape index (κ1) is 14.9. The number of nitrogens with two attached hydrogens (primary N) is 1. The Labute approximate surface area is 134 Å². The van der Waals surface area contributed by atoms with Crippen LogP contribution in [0.3, 0.4) is 0 Å². The van der Waals surface area contributed by atoms with Crippen molar-refractivity contribution in [1.82, 2.24) is 10.2 Å². The molecule has 2 aliphatic rings. The summed E-state index contributed by atoms with van der Waals surface area (Å²) in [7, 11) is 0. The number of ether oxygens (including phenoxy) is 2. The van der Waals surface area contributed by atoms with Gasteiger partial charge in [-0.1, -0.05) is 6.07 Å². The quantitative estimate of drug-likeness (QED) is 0.809. The normalized spacial score (nSPS) is 19.8. The smallest absolute Gasteiger partial charge is 0.231 e. The molecule has 2 aliphatic heterocycles. The van der Waals surface area contributed by atoms with Crippen molar-refractivity contribution in [2.75, 3.05) is 19.9 Å². The molecule has 1 amide bonds. The Morgan fingerprint density at radius 1 is 1.41 bits per heavy atom. The van der Waals surface area contributed by atoms with Crippen molar-refractivity contribution in [1.29, 1.82) is 0 Å². The lowest BCUT2D eigenvalue weighted by atomic mass is 9.98. The van der Waals surface area contributed by atoms with Crippen molar-refractivity contribution < 1.29 is 14.3 Å². The second-order valence-electron chi connectivity index (χ2n) is 5.53. The molecule has 6 nitrogen and oxygen atoms in total. The third-order valence-electron chi connectivity index (χ3n) is 3.99. The molecular formula is C15H19N3O3S. The van der Waals surface area contributed by atoms with Gasteiger partial charge in [0.25, 0.3) is 0 Å². The largest absolute Gasteiger partial charge is 0.454 e. The van der Waals surface area contributed by atoms with E-state index in [0.29, 0.717) is 18.2 Å². The molecule has 0 aliphatic carbocycles. The topological polar surface area (TPSA) is 76.8 Å². The summed E-state index contributed by atoms with van der Waals surface area (Å²) in [4.78, 5) is 13.3. The number of piperidine rings is 1. The number of thiocarbonyl (C=S) groups is 1. The maximum absolute atomic E-state index is 11.3. The second kappa shape index (κ2) is 6.39. The van der Waals surface area contributed by atoms with E-state index in [1.54, 1.807) is 0 Å². The lowest BCUT2D eigenvalue weighted by Crippen LogP contribution is -2.47. The third kappa shape index (κ3) is 3.24. The molecule has 1 atom stereocenters. The highest BCUT2D eigenvalue weighted by molar-refractivity contribution is 7.80. The highest BCUT2D eigenvalue weighted by atomic mass is 32.1. The van der Waals surface area contributed by atoms with Gasteiger partial charge in [0, 0.05) is 19.6 Å². The Morgan fingerprint density at radius 3 is 3.05 bits per heavy atom. The van der Waals surface area contributed by atoms with E-state index in [2.05, 4.69) is 5.32 Å². The zero-order valence-corrected chi connectivity index (χ0v) is 13.0. The number of hydrogen-bond acceptors (Lipinski definition) is 4. The van der Waals surface area contributed by atoms with E-state index < -0.39 is 0 Å². The number of nitrogens with one attached hydrogen (secondary N) is 1. The van der Waals surface area contributed by atoms with Crippen molar-refractivity contribution in [3.05, 3.63) is 23.8 Å². The van der Waals surface area contributed by atoms with Crippen LogP contribution in [0, 0.1) is 5.92 Å². The van der Waals surface area contributed by atoms with Crippen LogP contribution < -0.4 is 20.5 Å². The summed E-state index contributed by atoms with van der Waals surface area (Å²) >= 11 is 5.42. The number of fused-ring (bicyclic) bond motifs is 1. The molecule has 3 rings (SSSR count). The van der Waals surface area contributed by atoms with Crippen LogP contribution in [-0.4, -0.2) is 35.8 Å². The van der Waals surface area contributed by atoms with Crippen molar-refractivity contribution >= 4 is 23.2 Å². The van der Waals surface area contributed by atoms with Gasteiger partial charge in [-0.15, -0.1) is 0 Å². The molecule has 1 fully saturated rings. The van der Waals surface area contributed by atoms with Crippen molar-refractivity contribution in [2.24, 2.45) is 11.7 Å². The Morgan fingerprint density at radius 2 is 2.23 bits per heavy atom. The highest BCUT2D eigenvalue weighted by Gasteiger charge is 2.25. The second-order valence-corrected chi connectivity index (χ2v) is 5.92. The van der Waals surface area contributed by atoms with E-state index >= 15 is 0 Å². The van der Waals surface area contributed by atoms with E-state index in [1.165, 1.54) is 0 Å². The molecule has 0 unspecified atom stereocenters. The predicted octanol–water partition coefficient (Wildman–Crippen LogP) is 0.987. The summed E-state index contributed by atoms with van der Waals surface area (Å²) in [6, 6.07) is 5.82. The van der Waals surface area contributed by atoms with Gasteiger partial charge in [0.05, 0.1) is 5.92 Å². The number of primary amides is 1. The third-order valence-corrected chi connectivity index (χ3v) is 4.39. The summed E-state index contributed by atoms with van der Waals surface area (Å²) in [5.41, 5.74) is 6.46. The van der Waals surface area contributed by atoms with Gasteiger partial charge in [-0.3, -0.25) is 4.79 Å². The first-order chi connectivity index (χ1) is 10.6. The molecule has 0 spiro atoms. The number of carbonyl (C=O) groups is 1. The number of rotatable bonds is 3. The summed E-state index contributed by atoms with van der Waals surface area (Å²) in [6.45, 7) is 2.33. The molecule has 1 aromatic carbocycles. The SMILES string of the molecule is NC(=O)[C@@H]1CCCN(C(=S)NCc2ccc3c(c2)OCO3)C1.